The van der Waals surface area contributed by atoms with E-state index in [9.17, 15) is 4.79 Å². The summed E-state index contributed by atoms with van der Waals surface area (Å²) in [5.41, 5.74) is 4.98. The maximum Gasteiger partial charge on any atom is 0.242 e. The van der Waals surface area contributed by atoms with Gasteiger partial charge in [0.2, 0.25) is 5.91 Å². The van der Waals surface area contributed by atoms with Crippen molar-refractivity contribution in [1.29, 1.82) is 0 Å². The summed E-state index contributed by atoms with van der Waals surface area (Å²) in [5, 5.41) is 3.67. The minimum Gasteiger partial charge on any atom is -0.305 e. The molecule has 0 unspecified atom stereocenters. The highest BCUT2D eigenvalue weighted by molar-refractivity contribution is 5.81. The summed E-state index contributed by atoms with van der Waals surface area (Å²) in [6.45, 7) is 1.35. The van der Waals surface area contributed by atoms with E-state index in [2.05, 4.69) is 5.48 Å². The standard InChI is InChI=1S/C12H17N3O2/c1-14-12(16)7-8-15(14)11-6-4-3-5-10(11)9-13-17-2/h3-6,13H,7-9H2,1-2H3. The molecule has 1 aromatic carbocycles. The number of benzene rings is 1. The van der Waals surface area contributed by atoms with Crippen LogP contribution in [-0.4, -0.2) is 31.6 Å². The number of amides is 1. The fourth-order valence-corrected chi connectivity index (χ4v) is 1.99. The zero-order chi connectivity index (χ0) is 12.3. The van der Waals surface area contributed by atoms with Crippen molar-refractivity contribution < 1.29 is 9.63 Å². The molecule has 5 nitrogen and oxygen atoms in total. The molecule has 0 saturated carbocycles. The average molecular weight is 235 g/mol. The van der Waals surface area contributed by atoms with Crippen molar-refractivity contribution in [2.45, 2.75) is 13.0 Å². The highest BCUT2D eigenvalue weighted by Gasteiger charge is 2.26. The minimum atomic E-state index is 0.152. The summed E-state index contributed by atoms with van der Waals surface area (Å²) < 4.78 is 0. The first-order valence-electron chi connectivity index (χ1n) is 5.62. The van der Waals surface area contributed by atoms with Crippen LogP contribution in [-0.2, 0) is 16.2 Å². The van der Waals surface area contributed by atoms with Gasteiger partial charge >= 0.3 is 0 Å². The van der Waals surface area contributed by atoms with E-state index in [-0.39, 0.29) is 5.91 Å². The third kappa shape index (κ3) is 2.40. The number of nitrogens with one attached hydrogen (secondary N) is 1. The Morgan fingerprint density at radius 2 is 2.18 bits per heavy atom. The van der Waals surface area contributed by atoms with Crippen molar-refractivity contribution in [2.75, 3.05) is 25.7 Å². The molecule has 17 heavy (non-hydrogen) atoms. The number of nitrogens with zero attached hydrogens (tertiary/aromatic N) is 2. The number of anilines is 1. The second kappa shape index (κ2) is 5.16. The fourth-order valence-electron chi connectivity index (χ4n) is 1.99. The number of para-hydroxylation sites is 1. The average Bonchev–Trinajstić information content (AvgIpc) is 2.68. The molecule has 0 aliphatic carbocycles. The van der Waals surface area contributed by atoms with Crippen LogP contribution in [0.1, 0.15) is 12.0 Å². The Kier molecular flexibility index (Phi) is 3.61. The molecule has 1 heterocycles. The molecule has 1 fully saturated rings. The molecular weight excluding hydrogens is 218 g/mol. The Labute approximate surface area is 101 Å². The van der Waals surface area contributed by atoms with Gasteiger partial charge in [0.15, 0.2) is 0 Å². The smallest absolute Gasteiger partial charge is 0.242 e. The van der Waals surface area contributed by atoms with E-state index in [1.54, 1.807) is 19.2 Å². The van der Waals surface area contributed by atoms with Crippen molar-refractivity contribution in [3.8, 4) is 0 Å². The molecule has 0 spiro atoms. The quantitative estimate of drug-likeness (QED) is 0.788. The molecule has 0 bridgehead atoms. The summed E-state index contributed by atoms with van der Waals surface area (Å²) in [6, 6.07) is 8.00. The maximum atomic E-state index is 11.5. The normalized spacial score (nSPS) is 15.8. The summed E-state index contributed by atoms with van der Waals surface area (Å²) >= 11 is 0. The van der Waals surface area contributed by atoms with Crippen molar-refractivity contribution in [1.82, 2.24) is 10.5 Å². The number of hydroxylamine groups is 1. The predicted molar refractivity (Wildman–Crippen MR) is 65.0 cm³/mol. The number of hydrogen-bond donors (Lipinski definition) is 1. The van der Waals surface area contributed by atoms with E-state index in [4.69, 9.17) is 4.84 Å². The van der Waals surface area contributed by atoms with Gasteiger partial charge in [0, 0.05) is 26.6 Å². The van der Waals surface area contributed by atoms with Gasteiger partial charge in [-0.25, -0.2) is 0 Å². The summed E-state index contributed by atoms with van der Waals surface area (Å²) in [5.74, 6) is 0.152. The lowest BCUT2D eigenvalue weighted by Crippen LogP contribution is -2.36. The van der Waals surface area contributed by atoms with E-state index < -0.39 is 0 Å². The largest absolute Gasteiger partial charge is 0.305 e. The van der Waals surface area contributed by atoms with Crippen LogP contribution in [0.25, 0.3) is 0 Å². The van der Waals surface area contributed by atoms with Gasteiger partial charge in [-0.2, -0.15) is 5.48 Å². The number of carbonyl (C=O) groups is 1. The number of hydrazine groups is 1. The van der Waals surface area contributed by atoms with E-state index in [0.717, 1.165) is 17.8 Å². The van der Waals surface area contributed by atoms with Gasteiger partial charge in [0.05, 0.1) is 12.8 Å². The third-order valence-corrected chi connectivity index (χ3v) is 2.94. The van der Waals surface area contributed by atoms with Gasteiger partial charge in [-0.1, -0.05) is 18.2 Å². The predicted octanol–water partition coefficient (Wildman–Crippen LogP) is 0.921. The molecule has 1 aliphatic heterocycles. The Bertz CT molecular complexity index is 408. The van der Waals surface area contributed by atoms with Crippen LogP contribution in [0.5, 0.6) is 0 Å². The summed E-state index contributed by atoms with van der Waals surface area (Å²) in [6.07, 6.45) is 0.572. The second-order valence-electron chi connectivity index (χ2n) is 3.94. The van der Waals surface area contributed by atoms with Gasteiger partial charge in [0.25, 0.3) is 0 Å². The molecule has 0 aromatic heterocycles. The van der Waals surface area contributed by atoms with E-state index in [1.165, 1.54) is 0 Å². The molecule has 1 aromatic rings. The van der Waals surface area contributed by atoms with Gasteiger partial charge in [-0.3, -0.25) is 14.8 Å². The van der Waals surface area contributed by atoms with E-state index >= 15 is 0 Å². The molecule has 0 radical (unpaired) electrons. The van der Waals surface area contributed by atoms with Crippen molar-refractivity contribution in [3.05, 3.63) is 29.8 Å². The summed E-state index contributed by atoms with van der Waals surface area (Å²) in [4.78, 5) is 16.4. The van der Waals surface area contributed by atoms with Gasteiger partial charge in [-0.05, 0) is 11.6 Å². The molecule has 2 rings (SSSR count). The lowest BCUT2D eigenvalue weighted by molar-refractivity contribution is -0.126. The Morgan fingerprint density at radius 3 is 2.82 bits per heavy atom. The van der Waals surface area contributed by atoms with Crippen LogP contribution >= 0.6 is 0 Å². The van der Waals surface area contributed by atoms with Crippen LogP contribution in [0, 0.1) is 0 Å². The lowest BCUT2D eigenvalue weighted by Gasteiger charge is -2.28. The molecule has 1 saturated heterocycles. The number of hydrogen-bond acceptors (Lipinski definition) is 4. The Balaban J connectivity index is 2.22. The second-order valence-corrected chi connectivity index (χ2v) is 3.94. The molecule has 1 aliphatic rings. The maximum absolute atomic E-state index is 11.5. The molecule has 0 atom stereocenters. The van der Waals surface area contributed by atoms with Gasteiger partial charge in [-0.15, -0.1) is 0 Å². The Hall–Kier alpha value is -1.59. The number of carbonyl (C=O) groups excluding carboxylic acids is 1. The molecule has 1 N–H and O–H groups in total. The zero-order valence-corrected chi connectivity index (χ0v) is 10.1. The fraction of sp³-hybridized carbons (Fsp3) is 0.417. The Morgan fingerprint density at radius 1 is 1.41 bits per heavy atom. The third-order valence-electron chi connectivity index (χ3n) is 2.94. The lowest BCUT2D eigenvalue weighted by atomic mass is 10.1. The van der Waals surface area contributed by atoms with Gasteiger partial charge < -0.3 is 4.84 Å². The molecule has 1 amide bonds. The first-order chi connectivity index (χ1) is 8.24. The molecule has 5 heteroatoms. The van der Waals surface area contributed by atoms with Crippen molar-refractivity contribution >= 4 is 11.6 Å². The van der Waals surface area contributed by atoms with Crippen LogP contribution in [0.3, 0.4) is 0 Å². The van der Waals surface area contributed by atoms with Crippen molar-refractivity contribution in [3.63, 3.8) is 0 Å². The van der Waals surface area contributed by atoms with Crippen LogP contribution < -0.4 is 10.5 Å². The molecular formula is C12H17N3O2. The van der Waals surface area contributed by atoms with Crippen LogP contribution in [0.2, 0.25) is 0 Å². The highest BCUT2D eigenvalue weighted by atomic mass is 16.6. The van der Waals surface area contributed by atoms with E-state index in [0.29, 0.717) is 13.0 Å². The summed E-state index contributed by atoms with van der Waals surface area (Å²) in [7, 11) is 3.39. The first-order valence-corrected chi connectivity index (χ1v) is 5.62. The van der Waals surface area contributed by atoms with Crippen molar-refractivity contribution in [2.24, 2.45) is 0 Å². The minimum absolute atomic E-state index is 0.152. The zero-order valence-electron chi connectivity index (χ0n) is 10.1. The van der Waals surface area contributed by atoms with Crippen LogP contribution in [0.4, 0.5) is 5.69 Å². The highest BCUT2D eigenvalue weighted by Crippen LogP contribution is 2.25. The van der Waals surface area contributed by atoms with E-state index in [1.807, 2.05) is 29.3 Å². The number of rotatable bonds is 4. The molecule has 92 valence electrons. The topological polar surface area (TPSA) is 44.8 Å². The van der Waals surface area contributed by atoms with Crippen LogP contribution in [0.15, 0.2) is 24.3 Å². The monoisotopic (exact) mass is 235 g/mol. The first kappa shape index (κ1) is 11.9. The van der Waals surface area contributed by atoms with Gasteiger partial charge in [0.1, 0.15) is 0 Å². The SMILES string of the molecule is CONCc1ccccc1N1CCC(=O)N1C.